The molecule has 0 spiro atoms. The van der Waals surface area contributed by atoms with Gasteiger partial charge in [-0.2, -0.15) is 5.26 Å². The summed E-state index contributed by atoms with van der Waals surface area (Å²) >= 11 is 0. The van der Waals surface area contributed by atoms with Crippen LogP contribution in [0.15, 0.2) is 18.2 Å². The average Bonchev–Trinajstić information content (AvgIpc) is 2.14. The molecule has 0 radical (unpaired) electrons. The second-order valence-corrected chi connectivity index (χ2v) is 2.40. The number of hydrogen-bond acceptors (Lipinski definition) is 3. The Bertz CT molecular complexity index is 474. The molecule has 0 unspecified atom stereocenters. The van der Waals surface area contributed by atoms with Crippen LogP contribution in [-0.4, -0.2) is 16.2 Å². The van der Waals surface area contributed by atoms with Gasteiger partial charge in [0.2, 0.25) is 0 Å². The number of phenols is 1. The van der Waals surface area contributed by atoms with Crippen molar-refractivity contribution >= 4 is 5.97 Å². The van der Waals surface area contributed by atoms with E-state index in [9.17, 15) is 9.90 Å². The molecule has 0 bridgehead atoms. The maximum Gasteiger partial charge on any atom is 0.339 e. The van der Waals surface area contributed by atoms with E-state index in [1.807, 2.05) is 0 Å². The minimum absolute atomic E-state index is 0.187. The second-order valence-electron chi connectivity index (χ2n) is 2.40. The van der Waals surface area contributed by atoms with Crippen molar-refractivity contribution in [3.63, 3.8) is 0 Å². The van der Waals surface area contributed by atoms with Crippen LogP contribution >= 0.6 is 0 Å². The van der Waals surface area contributed by atoms with Gasteiger partial charge in [0.1, 0.15) is 11.3 Å². The van der Waals surface area contributed by atoms with E-state index in [0.717, 1.165) is 0 Å². The van der Waals surface area contributed by atoms with E-state index >= 15 is 0 Å². The lowest BCUT2D eigenvalue weighted by atomic mass is 10.1. The van der Waals surface area contributed by atoms with Gasteiger partial charge < -0.3 is 10.2 Å². The van der Waals surface area contributed by atoms with Gasteiger partial charge in [0, 0.05) is 11.5 Å². The third-order valence-electron chi connectivity index (χ3n) is 1.49. The fourth-order valence-corrected chi connectivity index (χ4v) is 0.890. The Balaban J connectivity index is 3.14. The molecule has 0 amide bonds. The van der Waals surface area contributed by atoms with Gasteiger partial charge in [0.05, 0.1) is 0 Å². The molecule has 68 valence electrons. The van der Waals surface area contributed by atoms with Crippen LogP contribution in [0.2, 0.25) is 0 Å². The average molecular weight is 187 g/mol. The predicted molar refractivity (Wildman–Crippen MR) is 47.6 cm³/mol. The number of carbonyl (C=O) groups is 1. The molecular formula is C10H5NO3. The zero-order valence-corrected chi connectivity index (χ0v) is 6.98. The number of benzene rings is 1. The largest absolute Gasteiger partial charge is 0.507 e. The van der Waals surface area contributed by atoms with Gasteiger partial charge in [-0.1, -0.05) is 5.92 Å². The number of carboxylic acids is 1. The van der Waals surface area contributed by atoms with E-state index in [1.165, 1.54) is 18.2 Å². The molecule has 0 aliphatic rings. The lowest BCUT2D eigenvalue weighted by molar-refractivity contribution is 0.0694. The highest BCUT2D eigenvalue weighted by Gasteiger charge is 2.08. The molecule has 1 rings (SSSR count). The van der Waals surface area contributed by atoms with Crippen LogP contribution in [0, 0.1) is 23.2 Å². The summed E-state index contributed by atoms with van der Waals surface area (Å²) in [6.07, 6.45) is 0. The minimum Gasteiger partial charge on any atom is -0.507 e. The topological polar surface area (TPSA) is 81.3 Å². The first-order chi connectivity index (χ1) is 6.65. The monoisotopic (exact) mass is 187 g/mol. The minimum atomic E-state index is -1.21. The van der Waals surface area contributed by atoms with Crippen LogP contribution in [0.5, 0.6) is 5.75 Å². The third kappa shape index (κ3) is 2.02. The predicted octanol–water partition coefficient (Wildman–Crippen LogP) is 0.965. The first-order valence-corrected chi connectivity index (χ1v) is 3.61. The lowest BCUT2D eigenvalue weighted by Crippen LogP contribution is -1.96. The molecule has 2 N–H and O–H groups in total. The van der Waals surface area contributed by atoms with Crippen LogP contribution in [-0.2, 0) is 0 Å². The number of nitrogens with zero attached hydrogens (tertiary/aromatic N) is 1. The van der Waals surface area contributed by atoms with Crippen molar-refractivity contribution in [3.8, 4) is 23.7 Å². The van der Waals surface area contributed by atoms with Gasteiger partial charge in [-0.25, -0.2) is 4.79 Å². The molecule has 0 atom stereocenters. The van der Waals surface area contributed by atoms with Gasteiger partial charge in [0.25, 0.3) is 0 Å². The Hall–Kier alpha value is -2.46. The fourth-order valence-electron chi connectivity index (χ4n) is 0.890. The zero-order valence-electron chi connectivity index (χ0n) is 6.98. The zero-order chi connectivity index (χ0) is 10.6. The van der Waals surface area contributed by atoms with Gasteiger partial charge in [-0.05, 0) is 18.2 Å². The second kappa shape index (κ2) is 3.97. The van der Waals surface area contributed by atoms with Crippen LogP contribution in [0.1, 0.15) is 15.9 Å². The van der Waals surface area contributed by atoms with Gasteiger partial charge >= 0.3 is 5.97 Å². The number of carboxylic acid groups (broad SMARTS) is 1. The Morgan fingerprint density at radius 3 is 2.64 bits per heavy atom. The molecule has 14 heavy (non-hydrogen) atoms. The van der Waals surface area contributed by atoms with Crippen LogP contribution in [0.25, 0.3) is 0 Å². The van der Waals surface area contributed by atoms with E-state index in [0.29, 0.717) is 5.56 Å². The van der Waals surface area contributed by atoms with Crippen molar-refractivity contribution in [1.29, 1.82) is 5.26 Å². The Morgan fingerprint density at radius 2 is 2.14 bits per heavy atom. The van der Waals surface area contributed by atoms with Crippen molar-refractivity contribution in [2.24, 2.45) is 0 Å². The fraction of sp³-hybridized carbons (Fsp3) is 0. The molecule has 0 aliphatic carbocycles. The van der Waals surface area contributed by atoms with E-state index in [4.69, 9.17) is 10.4 Å². The van der Waals surface area contributed by atoms with Crippen molar-refractivity contribution in [3.05, 3.63) is 29.3 Å². The highest BCUT2D eigenvalue weighted by molar-refractivity contribution is 5.90. The summed E-state index contributed by atoms with van der Waals surface area (Å²) in [6.45, 7) is 0. The maximum absolute atomic E-state index is 10.5. The summed E-state index contributed by atoms with van der Waals surface area (Å²) in [5.74, 6) is 3.01. The lowest BCUT2D eigenvalue weighted by Gasteiger charge is -1.98. The molecule has 0 aliphatic heterocycles. The van der Waals surface area contributed by atoms with Gasteiger partial charge in [-0.15, -0.1) is 0 Å². The number of aromatic carboxylic acids is 1. The van der Waals surface area contributed by atoms with Crippen LogP contribution in [0.4, 0.5) is 0 Å². The summed E-state index contributed by atoms with van der Waals surface area (Å²) < 4.78 is 0. The highest BCUT2D eigenvalue weighted by Crippen LogP contribution is 2.17. The number of rotatable bonds is 1. The van der Waals surface area contributed by atoms with Gasteiger partial charge in [-0.3, -0.25) is 0 Å². The van der Waals surface area contributed by atoms with Crippen molar-refractivity contribution in [2.75, 3.05) is 0 Å². The number of nitriles is 1. The molecule has 0 saturated carbocycles. The Labute approximate surface area is 80.0 Å². The summed E-state index contributed by atoms with van der Waals surface area (Å²) in [5.41, 5.74) is 0.210. The first-order valence-electron chi connectivity index (χ1n) is 3.61. The van der Waals surface area contributed by atoms with E-state index in [2.05, 4.69) is 11.8 Å². The quantitative estimate of drug-likeness (QED) is 0.641. The van der Waals surface area contributed by atoms with E-state index in [-0.39, 0.29) is 11.3 Å². The summed E-state index contributed by atoms with van der Waals surface area (Å²) in [7, 11) is 0. The molecule has 4 heteroatoms. The van der Waals surface area contributed by atoms with E-state index < -0.39 is 5.97 Å². The summed E-state index contributed by atoms with van der Waals surface area (Å²) in [4.78, 5) is 10.5. The van der Waals surface area contributed by atoms with E-state index in [1.54, 1.807) is 6.07 Å². The van der Waals surface area contributed by atoms with Crippen molar-refractivity contribution in [2.45, 2.75) is 0 Å². The normalized spacial score (nSPS) is 8.21. The molecule has 0 fully saturated rings. The molecule has 0 heterocycles. The molecule has 1 aromatic rings. The van der Waals surface area contributed by atoms with Crippen molar-refractivity contribution < 1.29 is 15.0 Å². The molecule has 0 aromatic heterocycles. The maximum atomic E-state index is 10.5. The van der Waals surface area contributed by atoms with Crippen molar-refractivity contribution in [1.82, 2.24) is 0 Å². The van der Waals surface area contributed by atoms with Gasteiger partial charge in [0.15, 0.2) is 6.07 Å². The summed E-state index contributed by atoms with van der Waals surface area (Å²) in [5, 5.41) is 26.0. The smallest absolute Gasteiger partial charge is 0.339 e. The standard InChI is InChI=1S/C10H5NO3/c11-5-1-2-7-3-4-8(10(13)14)9(12)6-7/h3-4,6,12H,(H,13,14). The number of hydrogen-bond donors (Lipinski definition) is 2. The molecular weight excluding hydrogens is 182 g/mol. The molecule has 4 nitrogen and oxygen atoms in total. The first kappa shape index (κ1) is 9.63. The SMILES string of the molecule is N#CC#Cc1ccc(C(=O)O)c(O)c1. The Kier molecular flexibility index (Phi) is 2.73. The van der Waals surface area contributed by atoms with Crippen LogP contribution < -0.4 is 0 Å². The summed E-state index contributed by atoms with van der Waals surface area (Å²) in [6, 6.07) is 5.48. The molecule has 1 aromatic carbocycles. The highest BCUT2D eigenvalue weighted by atomic mass is 16.4. The van der Waals surface area contributed by atoms with Crippen LogP contribution in [0.3, 0.4) is 0 Å². The number of aromatic hydroxyl groups is 1. The molecule has 0 saturated heterocycles. The third-order valence-corrected chi connectivity index (χ3v) is 1.49. The Morgan fingerprint density at radius 1 is 1.43 bits per heavy atom.